The van der Waals surface area contributed by atoms with E-state index >= 15 is 0 Å². The zero-order valence-electron chi connectivity index (χ0n) is 21.0. The van der Waals surface area contributed by atoms with E-state index in [1.807, 2.05) is 12.1 Å². The summed E-state index contributed by atoms with van der Waals surface area (Å²) in [5.41, 5.74) is 3.74. The van der Waals surface area contributed by atoms with Crippen LogP contribution >= 0.6 is 0 Å². The maximum atomic E-state index is 7.91. The van der Waals surface area contributed by atoms with E-state index in [1.54, 1.807) is 13.0 Å². The van der Waals surface area contributed by atoms with Gasteiger partial charge in [-0.3, -0.25) is 0 Å². The highest BCUT2D eigenvalue weighted by Crippen LogP contribution is 2.32. The van der Waals surface area contributed by atoms with Crippen LogP contribution in [0.4, 0.5) is 11.4 Å². The molecular weight excluding hydrogens is 306 g/mol. The molecule has 25 heavy (non-hydrogen) atoms. The van der Waals surface area contributed by atoms with Crippen LogP contribution in [0.5, 0.6) is 0 Å². The van der Waals surface area contributed by atoms with Crippen LogP contribution in [0.2, 0.25) is 0 Å². The lowest BCUT2D eigenvalue weighted by molar-refractivity contribution is 0.582. The van der Waals surface area contributed by atoms with Crippen LogP contribution in [-0.4, -0.2) is 0 Å². The van der Waals surface area contributed by atoms with Crippen LogP contribution < -0.4 is 5.32 Å². The minimum absolute atomic E-state index is 0.00344. The summed E-state index contributed by atoms with van der Waals surface area (Å²) in [5.74, 6) is 0.370. The van der Waals surface area contributed by atoms with Crippen molar-refractivity contribution in [3.8, 4) is 11.3 Å². The molecule has 0 aliphatic heterocycles. The van der Waals surface area contributed by atoms with E-state index in [0.717, 1.165) is 5.69 Å². The van der Waals surface area contributed by atoms with Crippen LogP contribution in [0.25, 0.3) is 11.3 Å². The lowest BCUT2D eigenvalue weighted by Gasteiger charge is -2.19. The van der Waals surface area contributed by atoms with E-state index in [9.17, 15) is 0 Å². The molecule has 0 aliphatic rings. The molecule has 0 spiro atoms. The molecule has 0 atom stereocenters. The van der Waals surface area contributed by atoms with Gasteiger partial charge in [-0.05, 0) is 54.9 Å². The number of rotatable bonds is 3. The van der Waals surface area contributed by atoms with Crippen molar-refractivity contribution < 1.29 is 12.6 Å². The second-order valence-corrected chi connectivity index (χ2v) is 7.37. The molecular formula is C23H27NO. The largest absolute Gasteiger partial charge is 0.462 e. The molecule has 2 heteroatoms. The van der Waals surface area contributed by atoms with Gasteiger partial charge in [-0.25, -0.2) is 0 Å². The van der Waals surface area contributed by atoms with Crippen molar-refractivity contribution in [3.05, 3.63) is 71.0 Å². The van der Waals surface area contributed by atoms with Crippen molar-refractivity contribution in [2.45, 2.75) is 46.8 Å². The molecule has 3 aromatic rings. The first-order valence-corrected chi connectivity index (χ1v) is 8.28. The van der Waals surface area contributed by atoms with Crippen molar-refractivity contribution in [3.63, 3.8) is 0 Å². The second-order valence-electron chi connectivity index (χ2n) is 7.37. The quantitative estimate of drug-likeness (QED) is 0.560. The number of hydrogen-bond donors (Lipinski definition) is 1. The standard InChI is InChI=1S/C23H27NO/c1-15-11-16(2)22(17(3)12-15)21-13-20(14-25-21)24-19-9-7-18(8-10-19)23(4,5)6/h7-14,24H,1-6H3/i1D3,2D3. The third-order valence-electron chi connectivity index (χ3n) is 4.22. The van der Waals surface area contributed by atoms with Crippen LogP contribution in [0, 0.1) is 20.6 Å². The zero-order chi connectivity index (χ0) is 23.2. The van der Waals surface area contributed by atoms with Gasteiger partial charge in [0.1, 0.15) is 12.0 Å². The van der Waals surface area contributed by atoms with Gasteiger partial charge in [-0.1, -0.05) is 50.6 Å². The summed E-state index contributed by atoms with van der Waals surface area (Å²) in [6.07, 6.45) is 1.52. The van der Waals surface area contributed by atoms with E-state index in [-0.39, 0.29) is 16.5 Å². The maximum absolute atomic E-state index is 7.91. The Balaban J connectivity index is 1.97. The number of aryl methyl sites for hydroxylation is 3. The molecule has 0 amide bonds. The normalized spacial score (nSPS) is 16.2. The van der Waals surface area contributed by atoms with Crippen LogP contribution in [0.15, 0.2) is 53.1 Å². The smallest absolute Gasteiger partial charge is 0.136 e. The topological polar surface area (TPSA) is 25.2 Å². The van der Waals surface area contributed by atoms with Gasteiger partial charge in [0.15, 0.2) is 0 Å². The van der Waals surface area contributed by atoms with Gasteiger partial charge >= 0.3 is 0 Å². The molecule has 0 aliphatic carbocycles. The molecule has 1 N–H and O–H groups in total. The number of nitrogens with one attached hydrogen (secondary N) is 1. The first-order chi connectivity index (χ1) is 14.2. The Labute approximate surface area is 159 Å². The lowest BCUT2D eigenvalue weighted by atomic mass is 9.87. The molecule has 0 saturated carbocycles. The molecule has 0 fully saturated rings. The van der Waals surface area contributed by atoms with E-state index in [0.29, 0.717) is 22.6 Å². The van der Waals surface area contributed by atoms with Gasteiger partial charge in [-0.2, -0.15) is 0 Å². The average molecular weight is 340 g/mol. The minimum Gasteiger partial charge on any atom is -0.462 e. The van der Waals surface area contributed by atoms with Gasteiger partial charge in [0.25, 0.3) is 0 Å². The molecule has 0 bridgehead atoms. The highest BCUT2D eigenvalue weighted by atomic mass is 16.3. The SMILES string of the molecule is [2H]C([2H])([2H])c1cc(C)c(-c2cc(Nc3ccc(C(C)(C)C)cc3)co2)c(C([2H])([2H])[2H])c1. The van der Waals surface area contributed by atoms with Crippen LogP contribution in [0.1, 0.15) is 51.2 Å². The van der Waals surface area contributed by atoms with E-state index in [4.69, 9.17) is 12.6 Å². The fourth-order valence-electron chi connectivity index (χ4n) is 2.87. The summed E-state index contributed by atoms with van der Waals surface area (Å²) in [6.45, 7) is 3.28. The summed E-state index contributed by atoms with van der Waals surface area (Å²) in [4.78, 5) is 0. The maximum Gasteiger partial charge on any atom is 0.136 e. The highest BCUT2D eigenvalue weighted by molar-refractivity contribution is 5.72. The fourth-order valence-corrected chi connectivity index (χ4v) is 2.87. The predicted molar refractivity (Wildman–Crippen MR) is 107 cm³/mol. The van der Waals surface area contributed by atoms with Gasteiger partial charge in [-0.15, -0.1) is 0 Å². The Morgan fingerprint density at radius 3 is 2.28 bits per heavy atom. The van der Waals surface area contributed by atoms with Gasteiger partial charge in [0.2, 0.25) is 0 Å². The molecule has 3 rings (SSSR count). The molecule has 0 saturated heterocycles. The van der Waals surface area contributed by atoms with E-state index in [1.165, 1.54) is 24.0 Å². The summed E-state index contributed by atoms with van der Waals surface area (Å²) in [5, 5.41) is 3.26. The molecule has 0 unspecified atom stereocenters. The second kappa shape index (κ2) is 6.44. The van der Waals surface area contributed by atoms with Gasteiger partial charge in [0.05, 0.1) is 5.69 Å². The van der Waals surface area contributed by atoms with Crippen molar-refractivity contribution >= 4 is 11.4 Å². The highest BCUT2D eigenvalue weighted by Gasteiger charge is 2.14. The molecule has 130 valence electrons. The summed E-state index contributed by atoms with van der Waals surface area (Å²) < 4.78 is 52.4. The van der Waals surface area contributed by atoms with Crippen LogP contribution in [-0.2, 0) is 5.41 Å². The van der Waals surface area contributed by atoms with E-state index < -0.39 is 13.7 Å². The number of furan rings is 1. The predicted octanol–water partition coefficient (Wildman–Crippen LogP) is 6.91. The Bertz CT molecular complexity index is 1070. The zero-order valence-corrected chi connectivity index (χ0v) is 15.0. The minimum atomic E-state index is -2.48. The summed E-state index contributed by atoms with van der Waals surface area (Å²) >= 11 is 0. The molecule has 2 aromatic carbocycles. The summed E-state index contributed by atoms with van der Waals surface area (Å²) in [6, 6.07) is 12.6. The van der Waals surface area contributed by atoms with Gasteiger partial charge in [0, 0.05) is 25.5 Å². The average Bonchev–Trinajstić information content (AvgIpc) is 3.07. The number of benzene rings is 2. The Morgan fingerprint density at radius 1 is 0.920 bits per heavy atom. The third-order valence-corrected chi connectivity index (χ3v) is 4.22. The van der Waals surface area contributed by atoms with Crippen molar-refractivity contribution in [1.82, 2.24) is 0 Å². The Morgan fingerprint density at radius 2 is 1.64 bits per heavy atom. The lowest BCUT2D eigenvalue weighted by Crippen LogP contribution is -2.10. The summed E-state index contributed by atoms with van der Waals surface area (Å²) in [7, 11) is 0. The molecule has 1 aromatic heterocycles. The van der Waals surface area contributed by atoms with Gasteiger partial charge < -0.3 is 9.73 Å². The number of anilines is 2. The van der Waals surface area contributed by atoms with Crippen molar-refractivity contribution in [2.24, 2.45) is 0 Å². The molecule has 2 nitrogen and oxygen atoms in total. The van der Waals surface area contributed by atoms with Crippen LogP contribution in [0.3, 0.4) is 0 Å². The van der Waals surface area contributed by atoms with E-state index in [2.05, 4.69) is 38.2 Å². The molecule has 1 heterocycles. The monoisotopic (exact) mass is 339 g/mol. The Hall–Kier alpha value is -2.48. The first-order valence-electron chi connectivity index (χ1n) is 11.3. The third kappa shape index (κ3) is 3.79. The van der Waals surface area contributed by atoms with Crippen molar-refractivity contribution in [2.75, 3.05) is 5.32 Å². The number of hydrogen-bond acceptors (Lipinski definition) is 2. The van der Waals surface area contributed by atoms with Crippen molar-refractivity contribution in [1.29, 1.82) is 0 Å². The first kappa shape index (κ1) is 11.2. The Kier molecular flexibility index (Phi) is 2.88. The fraction of sp³-hybridized carbons (Fsp3) is 0.304. The molecule has 0 radical (unpaired) electrons.